The normalized spacial score (nSPS) is 17.5. The number of carboxylic acids is 1. The molecule has 1 aromatic carbocycles. The lowest BCUT2D eigenvalue weighted by atomic mass is 9.93. The molecular formula is C15H19NO3. The number of carboxylic acid groups (broad SMARTS) is 1. The van der Waals surface area contributed by atoms with E-state index in [9.17, 15) is 9.59 Å². The first-order valence-corrected chi connectivity index (χ1v) is 6.43. The Labute approximate surface area is 113 Å². The minimum atomic E-state index is -1.00. The van der Waals surface area contributed by atoms with Crippen LogP contribution in [0.5, 0.6) is 0 Å². The van der Waals surface area contributed by atoms with Crippen LogP contribution in [0.4, 0.5) is 0 Å². The molecule has 4 nitrogen and oxygen atoms in total. The van der Waals surface area contributed by atoms with Crippen molar-refractivity contribution in [3.05, 3.63) is 34.9 Å². The first-order chi connectivity index (χ1) is 8.78. The Kier molecular flexibility index (Phi) is 3.35. The number of amides is 1. The number of carbonyl (C=O) groups is 2. The molecule has 1 heterocycles. The Balaban J connectivity index is 2.27. The highest BCUT2D eigenvalue weighted by Crippen LogP contribution is 2.29. The third-order valence-electron chi connectivity index (χ3n) is 3.54. The van der Waals surface area contributed by atoms with E-state index >= 15 is 0 Å². The minimum absolute atomic E-state index is 0.0724. The maximum absolute atomic E-state index is 12.4. The molecule has 0 radical (unpaired) electrons. The van der Waals surface area contributed by atoms with E-state index in [0.717, 1.165) is 25.1 Å². The highest BCUT2D eigenvalue weighted by atomic mass is 16.4. The third-order valence-corrected chi connectivity index (χ3v) is 3.54. The lowest BCUT2D eigenvalue weighted by Crippen LogP contribution is -2.30. The van der Waals surface area contributed by atoms with E-state index in [0.29, 0.717) is 5.56 Å². The monoisotopic (exact) mass is 261 g/mol. The third kappa shape index (κ3) is 2.95. The number of rotatable bonds is 2. The van der Waals surface area contributed by atoms with E-state index in [-0.39, 0.29) is 16.9 Å². The van der Waals surface area contributed by atoms with Gasteiger partial charge < -0.3 is 10.0 Å². The molecule has 1 saturated heterocycles. The van der Waals surface area contributed by atoms with Gasteiger partial charge in [-0.05, 0) is 42.5 Å². The molecule has 0 bridgehead atoms. The predicted octanol–water partition coefficient (Wildman–Crippen LogP) is 2.57. The minimum Gasteiger partial charge on any atom is -0.478 e. The summed E-state index contributed by atoms with van der Waals surface area (Å²) >= 11 is 0. The van der Waals surface area contributed by atoms with E-state index in [1.165, 1.54) is 6.07 Å². The topological polar surface area (TPSA) is 57.6 Å². The van der Waals surface area contributed by atoms with Gasteiger partial charge >= 0.3 is 5.97 Å². The Hall–Kier alpha value is -1.84. The first-order valence-electron chi connectivity index (χ1n) is 6.43. The zero-order valence-electron chi connectivity index (χ0n) is 11.6. The predicted molar refractivity (Wildman–Crippen MR) is 72.4 cm³/mol. The van der Waals surface area contributed by atoms with Gasteiger partial charge in [-0.15, -0.1) is 0 Å². The number of benzene rings is 1. The van der Waals surface area contributed by atoms with Gasteiger partial charge in [-0.2, -0.15) is 0 Å². The van der Waals surface area contributed by atoms with Crippen molar-refractivity contribution in [2.45, 2.75) is 27.2 Å². The van der Waals surface area contributed by atoms with Crippen molar-refractivity contribution in [2.75, 3.05) is 13.1 Å². The highest BCUT2D eigenvalue weighted by Gasteiger charge is 2.32. The van der Waals surface area contributed by atoms with Crippen LogP contribution in [0.15, 0.2) is 18.2 Å². The largest absolute Gasteiger partial charge is 0.478 e. The van der Waals surface area contributed by atoms with Gasteiger partial charge in [0, 0.05) is 18.7 Å². The van der Waals surface area contributed by atoms with Crippen LogP contribution in [-0.4, -0.2) is 35.0 Å². The second-order valence-electron chi connectivity index (χ2n) is 6.03. The fourth-order valence-corrected chi connectivity index (χ4v) is 2.50. The fraction of sp³-hybridized carbons (Fsp3) is 0.467. The number of likely N-dealkylation sites (tertiary alicyclic amines) is 1. The SMILES string of the molecule is Cc1cc(C(=O)O)cc(C(=O)N2CCC(C)(C)C2)c1. The molecule has 1 fully saturated rings. The van der Waals surface area contributed by atoms with E-state index in [1.54, 1.807) is 24.0 Å². The van der Waals surface area contributed by atoms with Gasteiger partial charge in [0.1, 0.15) is 0 Å². The summed E-state index contributed by atoms with van der Waals surface area (Å²) in [6.45, 7) is 7.54. The zero-order valence-corrected chi connectivity index (χ0v) is 11.6. The van der Waals surface area contributed by atoms with Crippen LogP contribution in [0.25, 0.3) is 0 Å². The summed E-state index contributed by atoms with van der Waals surface area (Å²) in [6.07, 6.45) is 0.982. The lowest BCUT2D eigenvalue weighted by Gasteiger charge is -2.20. The molecule has 4 heteroatoms. The smallest absolute Gasteiger partial charge is 0.335 e. The number of aromatic carboxylic acids is 1. The molecule has 1 aliphatic rings. The van der Waals surface area contributed by atoms with Gasteiger partial charge in [-0.3, -0.25) is 4.79 Å². The molecule has 1 amide bonds. The Bertz CT molecular complexity index is 534. The molecule has 102 valence electrons. The van der Waals surface area contributed by atoms with Gasteiger partial charge in [0.05, 0.1) is 5.56 Å². The zero-order chi connectivity index (χ0) is 14.2. The molecule has 0 aliphatic carbocycles. The van der Waals surface area contributed by atoms with E-state index in [2.05, 4.69) is 13.8 Å². The van der Waals surface area contributed by atoms with Crippen LogP contribution in [0.1, 0.15) is 46.5 Å². The van der Waals surface area contributed by atoms with Gasteiger partial charge in [-0.1, -0.05) is 13.8 Å². The average Bonchev–Trinajstić information content (AvgIpc) is 2.68. The van der Waals surface area contributed by atoms with Gasteiger partial charge in [-0.25, -0.2) is 4.79 Å². The summed E-state index contributed by atoms with van der Waals surface area (Å²) in [5.41, 5.74) is 1.58. The Morgan fingerprint density at radius 1 is 1.21 bits per heavy atom. The molecule has 1 N–H and O–H groups in total. The van der Waals surface area contributed by atoms with Crippen molar-refractivity contribution >= 4 is 11.9 Å². The fourth-order valence-electron chi connectivity index (χ4n) is 2.50. The summed E-state index contributed by atoms with van der Waals surface area (Å²) in [7, 11) is 0. The molecule has 1 aliphatic heterocycles. The molecule has 2 rings (SSSR count). The lowest BCUT2D eigenvalue weighted by molar-refractivity contribution is 0.0696. The van der Waals surface area contributed by atoms with Gasteiger partial charge in [0.2, 0.25) is 0 Å². The summed E-state index contributed by atoms with van der Waals surface area (Å²) in [6, 6.07) is 4.79. The number of hydrogen-bond donors (Lipinski definition) is 1. The maximum atomic E-state index is 12.4. The van der Waals surface area contributed by atoms with Gasteiger partial charge in [0.25, 0.3) is 5.91 Å². The van der Waals surface area contributed by atoms with Crippen molar-refractivity contribution in [3.63, 3.8) is 0 Å². The Morgan fingerprint density at radius 3 is 2.37 bits per heavy atom. The number of nitrogens with zero attached hydrogens (tertiary/aromatic N) is 1. The van der Waals surface area contributed by atoms with Crippen molar-refractivity contribution in [1.82, 2.24) is 4.90 Å². The standard InChI is InChI=1S/C15H19NO3/c1-10-6-11(8-12(7-10)14(18)19)13(17)16-5-4-15(2,3)9-16/h6-8H,4-5,9H2,1-3H3,(H,18,19). The maximum Gasteiger partial charge on any atom is 0.335 e. The molecule has 0 atom stereocenters. The molecular weight excluding hydrogens is 242 g/mol. The Morgan fingerprint density at radius 2 is 1.84 bits per heavy atom. The summed E-state index contributed by atoms with van der Waals surface area (Å²) in [5, 5.41) is 9.04. The van der Waals surface area contributed by atoms with Crippen LogP contribution >= 0.6 is 0 Å². The van der Waals surface area contributed by atoms with Crippen molar-refractivity contribution in [1.29, 1.82) is 0 Å². The number of hydrogen-bond acceptors (Lipinski definition) is 2. The van der Waals surface area contributed by atoms with Crippen LogP contribution in [0.3, 0.4) is 0 Å². The van der Waals surface area contributed by atoms with E-state index in [1.807, 2.05) is 0 Å². The van der Waals surface area contributed by atoms with Crippen molar-refractivity contribution in [3.8, 4) is 0 Å². The van der Waals surface area contributed by atoms with Crippen LogP contribution < -0.4 is 0 Å². The summed E-state index contributed by atoms with van der Waals surface area (Å²) in [5.74, 6) is -1.07. The molecule has 19 heavy (non-hydrogen) atoms. The second kappa shape index (κ2) is 4.68. The van der Waals surface area contributed by atoms with Crippen molar-refractivity contribution in [2.24, 2.45) is 5.41 Å². The molecule has 0 spiro atoms. The van der Waals surface area contributed by atoms with Crippen LogP contribution in [0, 0.1) is 12.3 Å². The molecule has 0 aromatic heterocycles. The summed E-state index contributed by atoms with van der Waals surface area (Å²) < 4.78 is 0. The summed E-state index contributed by atoms with van der Waals surface area (Å²) in [4.78, 5) is 25.2. The van der Waals surface area contributed by atoms with Crippen LogP contribution in [0.2, 0.25) is 0 Å². The highest BCUT2D eigenvalue weighted by molar-refractivity contribution is 5.98. The quantitative estimate of drug-likeness (QED) is 0.890. The molecule has 0 saturated carbocycles. The van der Waals surface area contributed by atoms with E-state index < -0.39 is 5.97 Å². The molecule has 0 unspecified atom stereocenters. The van der Waals surface area contributed by atoms with Crippen molar-refractivity contribution < 1.29 is 14.7 Å². The number of carbonyl (C=O) groups excluding carboxylic acids is 1. The van der Waals surface area contributed by atoms with Gasteiger partial charge in [0.15, 0.2) is 0 Å². The first kappa shape index (κ1) is 13.6. The van der Waals surface area contributed by atoms with Crippen LogP contribution in [-0.2, 0) is 0 Å². The van der Waals surface area contributed by atoms with E-state index in [4.69, 9.17) is 5.11 Å². The molecule has 1 aromatic rings. The number of aryl methyl sites for hydroxylation is 1. The second-order valence-corrected chi connectivity index (χ2v) is 6.03. The average molecular weight is 261 g/mol.